The highest BCUT2D eigenvalue weighted by molar-refractivity contribution is 7.99. The normalized spacial score (nSPS) is 11.8. The molecule has 2 N–H and O–H groups in total. The zero-order chi connectivity index (χ0) is 26.2. The topological polar surface area (TPSA) is 88.9 Å². The summed E-state index contributed by atoms with van der Waals surface area (Å²) in [4.78, 5) is 25.7. The van der Waals surface area contributed by atoms with Gasteiger partial charge in [0.1, 0.15) is 0 Å². The molecule has 0 aliphatic carbocycles. The number of para-hydroxylation sites is 1. The molecular weight excluding hydrogens is 494 g/mol. The number of nitrogens with one attached hydrogen (secondary N) is 2. The lowest BCUT2D eigenvalue weighted by Gasteiger charge is -2.21. The second-order valence-electron chi connectivity index (χ2n) is 8.98. The van der Waals surface area contributed by atoms with E-state index in [1.807, 2.05) is 36.6 Å². The number of benzene rings is 2. The van der Waals surface area contributed by atoms with E-state index in [4.69, 9.17) is 11.6 Å². The van der Waals surface area contributed by atoms with E-state index in [0.717, 1.165) is 16.8 Å². The number of hydrogen-bond donors (Lipinski definition) is 2. The average molecular weight is 526 g/mol. The maximum atomic E-state index is 13.0. The summed E-state index contributed by atoms with van der Waals surface area (Å²) < 4.78 is 1.89. The summed E-state index contributed by atoms with van der Waals surface area (Å²) in [5, 5.41) is 15.8. The van der Waals surface area contributed by atoms with E-state index in [9.17, 15) is 9.59 Å². The quantitative estimate of drug-likeness (QED) is 0.237. The van der Waals surface area contributed by atoms with Crippen molar-refractivity contribution >= 4 is 40.9 Å². The fraction of sp³-hybridized carbons (Fsp3) is 0.333. The third kappa shape index (κ3) is 6.98. The van der Waals surface area contributed by atoms with Crippen molar-refractivity contribution in [1.82, 2.24) is 20.1 Å². The molecule has 3 rings (SSSR count). The Bertz CT molecular complexity index is 1220. The van der Waals surface area contributed by atoms with E-state index in [2.05, 4.69) is 41.3 Å². The summed E-state index contributed by atoms with van der Waals surface area (Å²) >= 11 is 7.54. The van der Waals surface area contributed by atoms with Gasteiger partial charge >= 0.3 is 0 Å². The molecule has 7 nitrogen and oxygen atoms in total. The van der Waals surface area contributed by atoms with Crippen molar-refractivity contribution in [3.63, 3.8) is 0 Å². The van der Waals surface area contributed by atoms with Gasteiger partial charge in [0.2, 0.25) is 5.91 Å². The van der Waals surface area contributed by atoms with Gasteiger partial charge in [0.15, 0.2) is 11.0 Å². The largest absolute Gasteiger partial charge is 0.342 e. The molecule has 1 aromatic heterocycles. The highest BCUT2D eigenvalue weighted by atomic mass is 35.5. The molecule has 0 saturated carbocycles. The Labute approximate surface area is 221 Å². The molecule has 0 fully saturated rings. The smallest absolute Gasteiger partial charge is 0.253 e. The average Bonchev–Trinajstić information content (AvgIpc) is 3.22. The molecule has 3 aromatic rings. The van der Waals surface area contributed by atoms with Gasteiger partial charge < -0.3 is 15.2 Å². The van der Waals surface area contributed by atoms with Crippen LogP contribution in [0.4, 0.5) is 5.69 Å². The minimum atomic E-state index is -0.390. The first-order valence-electron chi connectivity index (χ1n) is 11.8. The molecule has 0 unspecified atom stereocenters. The van der Waals surface area contributed by atoms with Crippen molar-refractivity contribution in [2.45, 2.75) is 51.9 Å². The van der Waals surface area contributed by atoms with Gasteiger partial charge in [0.25, 0.3) is 5.91 Å². The van der Waals surface area contributed by atoms with E-state index in [1.165, 1.54) is 11.8 Å². The van der Waals surface area contributed by atoms with Crippen LogP contribution in [0.15, 0.2) is 60.3 Å². The van der Waals surface area contributed by atoms with Crippen LogP contribution in [-0.4, -0.2) is 32.3 Å². The Hall–Kier alpha value is -3.10. The van der Waals surface area contributed by atoms with Crippen molar-refractivity contribution in [3.8, 4) is 0 Å². The van der Waals surface area contributed by atoms with E-state index < -0.39 is 0 Å². The summed E-state index contributed by atoms with van der Waals surface area (Å²) in [6.45, 7) is 12.4. The van der Waals surface area contributed by atoms with E-state index >= 15 is 0 Å². The Morgan fingerprint density at radius 1 is 1.11 bits per heavy atom. The van der Waals surface area contributed by atoms with Crippen molar-refractivity contribution in [2.24, 2.45) is 5.92 Å². The third-order valence-corrected chi connectivity index (χ3v) is 6.87. The first-order valence-corrected chi connectivity index (χ1v) is 13.2. The first-order chi connectivity index (χ1) is 17.2. The molecule has 1 heterocycles. The number of carbonyl (C=O) groups excluding carboxylic acids is 2. The number of rotatable bonds is 11. The van der Waals surface area contributed by atoms with Gasteiger partial charge in [-0.15, -0.1) is 16.8 Å². The van der Waals surface area contributed by atoms with Gasteiger partial charge in [-0.1, -0.05) is 73.6 Å². The van der Waals surface area contributed by atoms with Crippen molar-refractivity contribution in [3.05, 3.63) is 82.7 Å². The van der Waals surface area contributed by atoms with E-state index in [0.29, 0.717) is 34.5 Å². The summed E-state index contributed by atoms with van der Waals surface area (Å²) in [6.07, 6.45) is 2.40. The number of allylic oxidation sites excluding steroid dienone is 1. The van der Waals surface area contributed by atoms with Crippen LogP contribution in [0, 0.1) is 19.8 Å². The van der Waals surface area contributed by atoms with Gasteiger partial charge in [-0.2, -0.15) is 0 Å². The number of halogens is 1. The monoisotopic (exact) mass is 525 g/mol. The fourth-order valence-electron chi connectivity index (χ4n) is 3.86. The van der Waals surface area contributed by atoms with Crippen molar-refractivity contribution in [2.75, 3.05) is 11.1 Å². The number of aromatic nitrogens is 3. The van der Waals surface area contributed by atoms with Crippen LogP contribution >= 0.6 is 23.4 Å². The van der Waals surface area contributed by atoms with Crippen molar-refractivity contribution < 1.29 is 9.59 Å². The zero-order valence-corrected chi connectivity index (χ0v) is 22.6. The molecule has 0 aliphatic heterocycles. The predicted octanol–water partition coefficient (Wildman–Crippen LogP) is 5.98. The number of aryl methyl sites for hydroxylation is 2. The SMILES string of the molecule is C=CCn1c(SCC(=O)Nc2c(C)cccc2C)nnc1[C@H](CC(C)C)NC(=O)c1ccccc1Cl. The summed E-state index contributed by atoms with van der Waals surface area (Å²) in [6, 6.07) is 12.4. The van der Waals surface area contributed by atoms with E-state index in [1.54, 1.807) is 30.3 Å². The lowest BCUT2D eigenvalue weighted by molar-refractivity contribution is -0.113. The molecule has 0 spiro atoms. The highest BCUT2D eigenvalue weighted by Gasteiger charge is 2.25. The summed E-state index contributed by atoms with van der Waals surface area (Å²) in [7, 11) is 0. The Kier molecular flexibility index (Phi) is 9.73. The highest BCUT2D eigenvalue weighted by Crippen LogP contribution is 2.27. The zero-order valence-electron chi connectivity index (χ0n) is 21.0. The number of carbonyl (C=O) groups is 2. The van der Waals surface area contributed by atoms with Gasteiger partial charge in [-0.05, 0) is 49.4 Å². The van der Waals surface area contributed by atoms with Crippen LogP contribution in [0.3, 0.4) is 0 Å². The number of hydrogen-bond acceptors (Lipinski definition) is 5. The van der Waals surface area contributed by atoms with Crippen LogP contribution in [-0.2, 0) is 11.3 Å². The Balaban J connectivity index is 1.79. The number of amides is 2. The van der Waals surface area contributed by atoms with Crippen LogP contribution < -0.4 is 10.6 Å². The fourth-order valence-corrected chi connectivity index (χ4v) is 4.84. The minimum absolute atomic E-state index is 0.127. The van der Waals surface area contributed by atoms with Crippen molar-refractivity contribution in [1.29, 1.82) is 0 Å². The van der Waals surface area contributed by atoms with Crippen LogP contribution in [0.25, 0.3) is 0 Å². The standard InChI is InChI=1S/C27H32ClN5O2S/c1-6-14-33-25(22(15-17(2)3)29-26(35)20-12-7-8-13-21(20)28)31-32-27(33)36-16-23(34)30-24-18(4)10-9-11-19(24)5/h6-13,17,22H,1,14-16H2,2-5H3,(H,29,35)(H,30,34)/t22-/m0/s1. The number of thioether (sulfide) groups is 1. The molecule has 0 aliphatic rings. The first kappa shape index (κ1) is 27.5. The van der Waals surface area contributed by atoms with Gasteiger partial charge in [-0.3, -0.25) is 9.59 Å². The second kappa shape index (κ2) is 12.7. The van der Waals surface area contributed by atoms with E-state index in [-0.39, 0.29) is 29.5 Å². The molecule has 2 amide bonds. The molecule has 0 bridgehead atoms. The lowest BCUT2D eigenvalue weighted by atomic mass is 10.0. The minimum Gasteiger partial charge on any atom is -0.342 e. The molecular formula is C27H32ClN5O2S. The predicted molar refractivity (Wildman–Crippen MR) is 147 cm³/mol. The van der Waals surface area contributed by atoms with Gasteiger partial charge in [-0.25, -0.2) is 0 Å². The Morgan fingerprint density at radius 3 is 2.44 bits per heavy atom. The number of nitrogens with zero attached hydrogens (tertiary/aromatic N) is 3. The molecule has 1 atom stereocenters. The Morgan fingerprint density at radius 2 is 1.81 bits per heavy atom. The molecule has 9 heteroatoms. The molecule has 0 radical (unpaired) electrons. The van der Waals surface area contributed by atoms with Crippen LogP contribution in [0.2, 0.25) is 5.02 Å². The maximum Gasteiger partial charge on any atom is 0.253 e. The molecule has 190 valence electrons. The maximum absolute atomic E-state index is 13.0. The molecule has 0 saturated heterocycles. The number of anilines is 1. The van der Waals surface area contributed by atoms with Gasteiger partial charge in [0.05, 0.1) is 22.4 Å². The molecule has 2 aromatic carbocycles. The summed E-state index contributed by atoms with van der Waals surface area (Å²) in [5.74, 6) is 0.667. The lowest BCUT2D eigenvalue weighted by Crippen LogP contribution is -2.32. The molecule has 36 heavy (non-hydrogen) atoms. The summed E-state index contributed by atoms with van der Waals surface area (Å²) in [5.41, 5.74) is 3.25. The van der Waals surface area contributed by atoms with Crippen LogP contribution in [0.1, 0.15) is 53.6 Å². The second-order valence-corrected chi connectivity index (χ2v) is 10.3. The van der Waals surface area contributed by atoms with Gasteiger partial charge in [0, 0.05) is 12.2 Å². The third-order valence-electron chi connectivity index (χ3n) is 5.58. The van der Waals surface area contributed by atoms with Crippen LogP contribution in [0.5, 0.6) is 0 Å².